The van der Waals surface area contributed by atoms with Crippen LogP contribution in [0.25, 0.3) is 16.6 Å². The lowest BCUT2D eigenvalue weighted by Gasteiger charge is -2.13. The van der Waals surface area contributed by atoms with Gasteiger partial charge in [-0.25, -0.2) is 4.98 Å². The molecule has 0 unspecified atom stereocenters. The number of aromatic nitrogens is 2. The minimum absolute atomic E-state index is 0.0763. The molecule has 0 saturated heterocycles. The molecule has 0 aliphatic carbocycles. The van der Waals surface area contributed by atoms with Crippen molar-refractivity contribution in [2.45, 2.75) is 5.16 Å². The predicted octanol–water partition coefficient (Wildman–Crippen LogP) is 4.82. The Hall–Kier alpha value is -3.76. The fourth-order valence-electron chi connectivity index (χ4n) is 3.11. The number of hydrogen-bond donors (Lipinski definition) is 1. The van der Waals surface area contributed by atoms with Gasteiger partial charge in [-0.2, -0.15) is 4.39 Å². The normalized spacial score (nSPS) is 10.8. The van der Waals surface area contributed by atoms with Crippen LogP contribution in [-0.4, -0.2) is 26.1 Å². The molecule has 1 aromatic heterocycles. The van der Waals surface area contributed by atoms with Gasteiger partial charge < -0.3 is 5.32 Å². The van der Waals surface area contributed by atoms with Crippen molar-refractivity contribution in [3.63, 3.8) is 0 Å². The molecule has 11 heteroatoms. The summed E-state index contributed by atoms with van der Waals surface area (Å²) < 4.78 is 14.9. The first kappa shape index (κ1) is 22.4. The van der Waals surface area contributed by atoms with Crippen molar-refractivity contribution >= 4 is 51.5 Å². The third-order valence-electron chi connectivity index (χ3n) is 4.57. The Kier molecular flexibility index (Phi) is 6.38. The number of carbonyl (C=O) groups excluding carboxylic acids is 1. The number of halogens is 2. The van der Waals surface area contributed by atoms with Gasteiger partial charge in [0.25, 0.3) is 5.56 Å². The van der Waals surface area contributed by atoms with Crippen molar-refractivity contribution in [1.82, 2.24) is 9.55 Å². The molecule has 0 aliphatic heterocycles. The summed E-state index contributed by atoms with van der Waals surface area (Å²) in [7, 11) is 0. The van der Waals surface area contributed by atoms with Gasteiger partial charge in [0.15, 0.2) is 5.16 Å². The molecular formula is C22H14ClFN4O4S. The van der Waals surface area contributed by atoms with E-state index in [0.717, 1.165) is 23.9 Å². The van der Waals surface area contributed by atoms with E-state index in [1.807, 2.05) is 0 Å². The molecule has 0 radical (unpaired) electrons. The Labute approximate surface area is 195 Å². The van der Waals surface area contributed by atoms with Crippen LogP contribution in [-0.2, 0) is 4.79 Å². The van der Waals surface area contributed by atoms with Gasteiger partial charge in [0, 0.05) is 16.8 Å². The fraction of sp³-hybridized carbons (Fsp3) is 0.0455. The molecule has 0 bridgehead atoms. The summed E-state index contributed by atoms with van der Waals surface area (Å²) in [5.74, 6) is -1.67. The average molecular weight is 485 g/mol. The van der Waals surface area contributed by atoms with E-state index in [1.165, 1.54) is 10.6 Å². The number of nitro benzene ring substituents is 1. The molecule has 1 amide bonds. The van der Waals surface area contributed by atoms with E-state index < -0.39 is 22.3 Å². The summed E-state index contributed by atoms with van der Waals surface area (Å²) in [5.41, 5.74) is -0.0283. The lowest BCUT2D eigenvalue weighted by molar-refractivity contribution is -0.387. The molecule has 4 rings (SSSR count). The molecule has 0 aliphatic rings. The Bertz CT molecular complexity index is 1460. The number of nitrogens with zero attached hydrogens (tertiary/aromatic N) is 3. The highest BCUT2D eigenvalue weighted by molar-refractivity contribution is 7.99. The largest absolute Gasteiger partial charge is 0.325 e. The van der Waals surface area contributed by atoms with Gasteiger partial charge in [-0.05, 0) is 42.5 Å². The van der Waals surface area contributed by atoms with Crippen LogP contribution >= 0.6 is 23.4 Å². The molecule has 0 atom stereocenters. The van der Waals surface area contributed by atoms with Crippen molar-refractivity contribution in [2.75, 3.05) is 11.1 Å². The standard InChI is InChI=1S/C22H14ClFN4O4S/c23-13-4-3-5-15(10-13)27-21(30)16-6-1-2-7-18(16)26-22(27)33-12-20(29)25-14-8-9-17(24)19(11-14)28(31)32/h1-11H,12H2,(H,25,29). The summed E-state index contributed by atoms with van der Waals surface area (Å²) in [5, 5.41) is 14.5. The maximum atomic E-state index is 13.5. The Balaban J connectivity index is 1.64. The van der Waals surface area contributed by atoms with Crippen LogP contribution in [0.5, 0.6) is 0 Å². The lowest BCUT2D eigenvalue weighted by atomic mass is 10.2. The number of fused-ring (bicyclic) bond motifs is 1. The van der Waals surface area contributed by atoms with Gasteiger partial charge in [-0.15, -0.1) is 0 Å². The van der Waals surface area contributed by atoms with E-state index in [1.54, 1.807) is 48.5 Å². The van der Waals surface area contributed by atoms with Gasteiger partial charge in [0.2, 0.25) is 11.7 Å². The lowest BCUT2D eigenvalue weighted by Crippen LogP contribution is -2.23. The van der Waals surface area contributed by atoms with Gasteiger partial charge in [-0.3, -0.25) is 24.3 Å². The molecule has 3 aromatic carbocycles. The van der Waals surface area contributed by atoms with E-state index in [9.17, 15) is 24.1 Å². The molecule has 8 nitrogen and oxygen atoms in total. The number of anilines is 1. The number of benzene rings is 3. The maximum absolute atomic E-state index is 13.5. The van der Waals surface area contributed by atoms with Crippen molar-refractivity contribution in [1.29, 1.82) is 0 Å². The zero-order valence-corrected chi connectivity index (χ0v) is 18.3. The average Bonchev–Trinajstić information content (AvgIpc) is 2.79. The van der Waals surface area contributed by atoms with Crippen molar-refractivity contribution < 1.29 is 14.1 Å². The summed E-state index contributed by atoms with van der Waals surface area (Å²) in [6.07, 6.45) is 0. The van der Waals surface area contributed by atoms with E-state index in [0.29, 0.717) is 21.6 Å². The fourth-order valence-corrected chi connectivity index (χ4v) is 4.11. The highest BCUT2D eigenvalue weighted by Gasteiger charge is 2.17. The quantitative estimate of drug-likeness (QED) is 0.182. The zero-order valence-electron chi connectivity index (χ0n) is 16.7. The number of thioether (sulfide) groups is 1. The molecule has 1 N–H and O–H groups in total. The first-order valence-corrected chi connectivity index (χ1v) is 10.8. The number of amides is 1. The van der Waals surface area contributed by atoms with Crippen LogP contribution in [0.15, 0.2) is 76.7 Å². The summed E-state index contributed by atoms with van der Waals surface area (Å²) in [4.78, 5) is 40.2. The van der Waals surface area contributed by atoms with E-state index >= 15 is 0 Å². The number of carbonyl (C=O) groups is 1. The third kappa shape index (κ3) is 4.86. The van der Waals surface area contributed by atoms with Crippen molar-refractivity contribution in [3.8, 4) is 5.69 Å². The van der Waals surface area contributed by atoms with Gasteiger partial charge in [0.05, 0.1) is 27.3 Å². The molecule has 0 spiro atoms. The van der Waals surface area contributed by atoms with Gasteiger partial charge >= 0.3 is 5.69 Å². The zero-order chi connectivity index (χ0) is 23.5. The summed E-state index contributed by atoms with van der Waals surface area (Å²) in [6.45, 7) is 0. The van der Waals surface area contributed by atoms with E-state index in [2.05, 4.69) is 10.3 Å². The number of para-hydroxylation sites is 1. The Morgan fingerprint density at radius 1 is 1.15 bits per heavy atom. The van der Waals surface area contributed by atoms with Crippen LogP contribution in [0.2, 0.25) is 5.02 Å². The van der Waals surface area contributed by atoms with Crippen molar-refractivity contribution in [3.05, 3.63) is 98.0 Å². The van der Waals surface area contributed by atoms with E-state index in [4.69, 9.17) is 11.6 Å². The second kappa shape index (κ2) is 9.39. The molecule has 33 heavy (non-hydrogen) atoms. The minimum Gasteiger partial charge on any atom is -0.325 e. The second-order valence-electron chi connectivity index (χ2n) is 6.79. The third-order valence-corrected chi connectivity index (χ3v) is 5.74. The smallest absolute Gasteiger partial charge is 0.306 e. The maximum Gasteiger partial charge on any atom is 0.306 e. The van der Waals surface area contributed by atoms with Crippen LogP contribution in [0.4, 0.5) is 15.8 Å². The molecule has 0 saturated carbocycles. The number of hydrogen-bond acceptors (Lipinski definition) is 6. The Morgan fingerprint density at radius 2 is 1.94 bits per heavy atom. The summed E-state index contributed by atoms with van der Waals surface area (Å²) in [6, 6.07) is 16.6. The van der Waals surface area contributed by atoms with Crippen LogP contribution in [0, 0.1) is 15.9 Å². The van der Waals surface area contributed by atoms with Crippen molar-refractivity contribution in [2.24, 2.45) is 0 Å². The van der Waals surface area contributed by atoms with Crippen LogP contribution in [0.3, 0.4) is 0 Å². The SMILES string of the molecule is O=C(CSc1nc2ccccc2c(=O)n1-c1cccc(Cl)c1)Nc1ccc(F)c([N+](=O)[O-])c1. The topological polar surface area (TPSA) is 107 Å². The molecular weight excluding hydrogens is 471 g/mol. The predicted molar refractivity (Wildman–Crippen MR) is 125 cm³/mol. The summed E-state index contributed by atoms with van der Waals surface area (Å²) >= 11 is 7.11. The van der Waals surface area contributed by atoms with E-state index in [-0.39, 0.29) is 22.2 Å². The second-order valence-corrected chi connectivity index (χ2v) is 8.17. The first-order chi connectivity index (χ1) is 15.8. The van der Waals surface area contributed by atoms with Gasteiger partial charge in [-0.1, -0.05) is 41.6 Å². The van der Waals surface area contributed by atoms with Crippen LogP contribution in [0.1, 0.15) is 0 Å². The minimum atomic E-state index is -1.00. The highest BCUT2D eigenvalue weighted by atomic mass is 35.5. The number of nitro groups is 1. The van der Waals surface area contributed by atoms with Gasteiger partial charge in [0.1, 0.15) is 0 Å². The monoisotopic (exact) mass is 484 g/mol. The van der Waals surface area contributed by atoms with Crippen LogP contribution < -0.4 is 10.9 Å². The Morgan fingerprint density at radius 3 is 2.70 bits per heavy atom. The molecule has 0 fully saturated rings. The highest BCUT2D eigenvalue weighted by Crippen LogP contribution is 2.24. The first-order valence-electron chi connectivity index (χ1n) is 9.48. The molecule has 4 aromatic rings. The molecule has 1 heterocycles. The molecule has 166 valence electrons. The number of rotatable bonds is 6. The number of nitrogens with one attached hydrogen (secondary N) is 1.